The second-order valence-electron chi connectivity index (χ2n) is 0. The summed E-state index contributed by atoms with van der Waals surface area (Å²) in [7, 11) is 4.45. The number of halogens is 1. The van der Waals surface area contributed by atoms with E-state index in [-0.39, 0.29) is 11.0 Å². The molecule has 0 spiro atoms. The third-order valence-electron chi connectivity index (χ3n) is 0. The predicted octanol–water partition coefficient (Wildman–Crippen LogP) is -0.962. The van der Waals surface area contributed by atoms with Crippen molar-refractivity contribution in [1.29, 1.82) is 0 Å². The van der Waals surface area contributed by atoms with Crippen LogP contribution in [0.4, 0.5) is 0 Å². The van der Waals surface area contributed by atoms with Gasteiger partial charge in [0.05, 0.1) is 0 Å². The van der Waals surface area contributed by atoms with Gasteiger partial charge in [0.15, 0.2) is 0 Å². The van der Waals surface area contributed by atoms with Crippen molar-refractivity contribution in [3.63, 3.8) is 0 Å². The summed E-state index contributed by atoms with van der Waals surface area (Å²) >= 11 is 2.41. The van der Waals surface area contributed by atoms with Gasteiger partial charge in [-0.2, -0.15) is 0 Å². The van der Waals surface area contributed by atoms with E-state index in [0.717, 1.165) is 0 Å². The van der Waals surface area contributed by atoms with Gasteiger partial charge >= 0.3 is 25.2 Å². The average molecular weight is 126 g/mol. The molecule has 0 fully saturated rings. The first-order valence-electron chi connectivity index (χ1n) is 0.143. The van der Waals surface area contributed by atoms with Gasteiger partial charge in [-0.1, -0.05) is 0 Å². The van der Waals surface area contributed by atoms with Crippen molar-refractivity contribution in [2.75, 3.05) is 0 Å². The van der Waals surface area contributed by atoms with Gasteiger partial charge in [0.25, 0.3) is 0 Å². The molecule has 0 aliphatic rings. The Morgan fingerprint density at radius 2 is 1.00 bits per heavy atom. The van der Waals surface area contributed by atoms with Gasteiger partial charge in [0.2, 0.25) is 0 Å². The maximum atomic E-state index is 4.45. The van der Waals surface area contributed by atoms with Crippen LogP contribution in [-0.2, 0) is 15.1 Å². The first kappa shape index (κ1) is 22.0. The molecule has 0 aliphatic carbocycles. The quantitative estimate of drug-likeness (QED) is 0.375. The summed E-state index contributed by atoms with van der Waals surface area (Å²) in [5, 5.41) is 0. The third-order valence-corrected chi connectivity index (χ3v) is 0. The summed E-state index contributed by atoms with van der Waals surface area (Å²) in [6.45, 7) is 0. The first-order chi connectivity index (χ1) is 1.00. The van der Waals surface area contributed by atoms with Crippen LogP contribution in [-0.4, -0.2) is 11.0 Å². The van der Waals surface area contributed by atoms with Crippen molar-refractivity contribution in [3.05, 3.63) is 0 Å². The van der Waals surface area contributed by atoms with Crippen LogP contribution in [0.5, 0.6) is 0 Å². The zero-order valence-electron chi connectivity index (χ0n) is 1.76. The minimum atomic E-state index is 0. The van der Waals surface area contributed by atoms with E-state index in [2.05, 4.69) is 25.2 Å². The molecule has 0 bridgehead atoms. The molecule has 0 aromatic rings. The standard InChI is InChI=1S/ClH.Mn.2H2O/h1H;;2*1H2/q;+1;;/p-1. The molecule has 0 aliphatic heterocycles. The third kappa shape index (κ3) is 15.3. The van der Waals surface area contributed by atoms with E-state index in [1.165, 1.54) is 0 Å². The second kappa shape index (κ2) is 52.2. The van der Waals surface area contributed by atoms with Crippen LogP contribution in [0.2, 0.25) is 0 Å². The molecule has 0 atom stereocenters. The van der Waals surface area contributed by atoms with Crippen LogP contribution < -0.4 is 0 Å². The molecule has 30 valence electrons. The van der Waals surface area contributed by atoms with Gasteiger partial charge in [-0.05, 0) is 0 Å². The van der Waals surface area contributed by atoms with E-state index in [1.807, 2.05) is 0 Å². The fourth-order valence-corrected chi connectivity index (χ4v) is 0. The molecule has 0 aromatic carbocycles. The fraction of sp³-hybridized carbons (Fsp3) is 0. The summed E-state index contributed by atoms with van der Waals surface area (Å²) < 4.78 is 0. The van der Waals surface area contributed by atoms with Crippen molar-refractivity contribution in [2.45, 2.75) is 0 Å². The van der Waals surface area contributed by atoms with Gasteiger partial charge in [0.1, 0.15) is 0 Å². The SMILES string of the molecule is O.O.[Cl][Mn]. The molecular weight excluding hydrogens is 122 g/mol. The summed E-state index contributed by atoms with van der Waals surface area (Å²) in [5.74, 6) is 0. The van der Waals surface area contributed by atoms with Crippen molar-refractivity contribution >= 4 is 10.1 Å². The molecule has 2 nitrogen and oxygen atoms in total. The topological polar surface area (TPSA) is 63.0 Å². The number of hydrogen-bond acceptors (Lipinski definition) is 0. The molecule has 4 heavy (non-hydrogen) atoms. The zero-order chi connectivity index (χ0) is 2.00. The molecule has 0 radical (unpaired) electrons. The van der Waals surface area contributed by atoms with Gasteiger partial charge in [-0.3, -0.25) is 0 Å². The Morgan fingerprint density at radius 3 is 1.00 bits per heavy atom. The second-order valence-corrected chi connectivity index (χ2v) is 0. The summed E-state index contributed by atoms with van der Waals surface area (Å²) in [4.78, 5) is 0. The van der Waals surface area contributed by atoms with Crippen LogP contribution in [0.15, 0.2) is 0 Å². The van der Waals surface area contributed by atoms with Gasteiger partial charge < -0.3 is 11.0 Å². The van der Waals surface area contributed by atoms with Gasteiger partial charge in [-0.15, -0.1) is 0 Å². The summed E-state index contributed by atoms with van der Waals surface area (Å²) in [5.41, 5.74) is 0. The van der Waals surface area contributed by atoms with Crippen molar-refractivity contribution in [2.24, 2.45) is 0 Å². The molecular formula is H4ClMnO2. The Bertz CT molecular complexity index is 6.00. The normalized spacial score (nSPS) is 1.50. The molecule has 0 heterocycles. The van der Waals surface area contributed by atoms with E-state index < -0.39 is 0 Å². The Kier molecular flexibility index (Phi) is 287. The van der Waals surface area contributed by atoms with E-state index in [1.54, 1.807) is 0 Å². The number of rotatable bonds is 0. The van der Waals surface area contributed by atoms with Crippen LogP contribution >= 0.6 is 10.1 Å². The molecule has 0 unspecified atom stereocenters. The maximum absolute atomic E-state index is 4.45. The summed E-state index contributed by atoms with van der Waals surface area (Å²) in [6, 6.07) is 0. The Labute approximate surface area is 36.8 Å². The molecule has 0 saturated heterocycles. The van der Waals surface area contributed by atoms with E-state index in [4.69, 9.17) is 0 Å². The van der Waals surface area contributed by atoms with Crippen LogP contribution in [0.3, 0.4) is 0 Å². The molecule has 4 N–H and O–H groups in total. The van der Waals surface area contributed by atoms with E-state index in [9.17, 15) is 0 Å². The molecule has 0 saturated carbocycles. The van der Waals surface area contributed by atoms with Crippen LogP contribution in [0.1, 0.15) is 0 Å². The van der Waals surface area contributed by atoms with Crippen molar-refractivity contribution in [1.82, 2.24) is 0 Å². The predicted molar refractivity (Wildman–Crippen MR) is 13.1 cm³/mol. The monoisotopic (exact) mass is 126 g/mol. The van der Waals surface area contributed by atoms with E-state index >= 15 is 0 Å². The average Bonchev–Trinajstić information content (AvgIpc) is 1.00. The molecule has 4 heteroatoms. The fourth-order valence-electron chi connectivity index (χ4n) is 0. The van der Waals surface area contributed by atoms with Gasteiger partial charge in [0, 0.05) is 0 Å². The zero-order valence-corrected chi connectivity index (χ0v) is 3.69. The van der Waals surface area contributed by atoms with Crippen LogP contribution in [0.25, 0.3) is 0 Å². The summed E-state index contributed by atoms with van der Waals surface area (Å²) in [6.07, 6.45) is 0. The minimum absolute atomic E-state index is 0. The molecule has 0 amide bonds. The molecule has 0 aromatic heterocycles. The van der Waals surface area contributed by atoms with E-state index in [0.29, 0.717) is 0 Å². The Morgan fingerprint density at radius 1 is 1.00 bits per heavy atom. The number of hydrogen-bond donors (Lipinski definition) is 0. The molecule has 0 rings (SSSR count). The Hall–Kier alpha value is 0.729. The van der Waals surface area contributed by atoms with Crippen molar-refractivity contribution in [3.8, 4) is 0 Å². The van der Waals surface area contributed by atoms with Crippen LogP contribution in [0, 0.1) is 0 Å². The van der Waals surface area contributed by atoms with Crippen molar-refractivity contribution < 1.29 is 26.1 Å². The first-order valence-corrected chi connectivity index (χ1v) is 1.77. The van der Waals surface area contributed by atoms with Gasteiger partial charge in [-0.25, -0.2) is 0 Å². The Balaban J connectivity index is -0.00000000500.